The maximum absolute atomic E-state index is 5.22. The molecule has 0 spiro atoms. The van der Waals surface area contributed by atoms with Gasteiger partial charge in [0.1, 0.15) is 0 Å². The summed E-state index contributed by atoms with van der Waals surface area (Å²) in [6, 6.07) is 11.2. The second kappa shape index (κ2) is 7.84. The van der Waals surface area contributed by atoms with Crippen LogP contribution in [0.4, 0.5) is 5.95 Å². The summed E-state index contributed by atoms with van der Waals surface area (Å²) in [4.78, 5) is 4.41. The van der Waals surface area contributed by atoms with E-state index < -0.39 is 0 Å². The summed E-state index contributed by atoms with van der Waals surface area (Å²) in [5, 5.41) is 3.50. The van der Waals surface area contributed by atoms with Crippen LogP contribution in [-0.2, 0) is 11.2 Å². The maximum atomic E-state index is 5.22. The van der Waals surface area contributed by atoms with Gasteiger partial charge in [0.2, 0.25) is 5.95 Å². The third kappa shape index (κ3) is 4.60. The first-order valence-corrected chi connectivity index (χ1v) is 7.53. The van der Waals surface area contributed by atoms with Gasteiger partial charge in [-0.25, -0.2) is 4.98 Å². The largest absolute Gasteiger partial charge is 0.383 e. The van der Waals surface area contributed by atoms with Gasteiger partial charge < -0.3 is 14.6 Å². The van der Waals surface area contributed by atoms with E-state index in [2.05, 4.69) is 59.0 Å². The van der Waals surface area contributed by atoms with Gasteiger partial charge in [0.25, 0.3) is 0 Å². The zero-order valence-electron chi connectivity index (χ0n) is 13.1. The number of benzene rings is 1. The highest BCUT2D eigenvalue weighted by molar-refractivity contribution is 5.28. The Morgan fingerprint density at radius 1 is 1.24 bits per heavy atom. The minimum atomic E-state index is 0.279. The fourth-order valence-electron chi connectivity index (χ4n) is 2.42. The van der Waals surface area contributed by atoms with Crippen LogP contribution < -0.4 is 5.32 Å². The number of rotatable bonds is 8. The van der Waals surface area contributed by atoms with Gasteiger partial charge in [0, 0.05) is 25.5 Å². The molecule has 0 saturated heterocycles. The molecule has 2 atom stereocenters. The summed E-state index contributed by atoms with van der Waals surface area (Å²) in [7, 11) is 1.73. The molecule has 1 aromatic carbocycles. The topological polar surface area (TPSA) is 39.1 Å². The van der Waals surface area contributed by atoms with Gasteiger partial charge in [-0.1, -0.05) is 30.3 Å². The number of aromatic nitrogens is 2. The zero-order valence-corrected chi connectivity index (χ0v) is 13.1. The molecule has 0 aliphatic carbocycles. The normalized spacial score (nSPS) is 13.9. The highest BCUT2D eigenvalue weighted by Crippen LogP contribution is 2.16. The standard InChI is InChI=1S/C17H25N3O/c1-14(9-10-16-7-5-4-6-8-16)19-17-18-11-12-20(17)15(2)13-21-3/h4-8,11-12,14-15H,9-10,13H2,1-3H3,(H,18,19). The van der Waals surface area contributed by atoms with E-state index in [0.29, 0.717) is 12.6 Å². The quantitative estimate of drug-likeness (QED) is 0.807. The predicted molar refractivity (Wildman–Crippen MR) is 86.7 cm³/mol. The number of nitrogens with zero attached hydrogens (tertiary/aromatic N) is 2. The van der Waals surface area contributed by atoms with E-state index in [1.165, 1.54) is 5.56 Å². The monoisotopic (exact) mass is 287 g/mol. The van der Waals surface area contributed by atoms with Crippen LogP contribution in [-0.4, -0.2) is 29.3 Å². The second-order valence-corrected chi connectivity index (χ2v) is 5.53. The molecule has 0 fully saturated rings. The highest BCUT2D eigenvalue weighted by atomic mass is 16.5. The first kappa shape index (κ1) is 15.6. The van der Waals surface area contributed by atoms with Crippen molar-refractivity contribution in [3.05, 3.63) is 48.3 Å². The van der Waals surface area contributed by atoms with E-state index in [4.69, 9.17) is 4.74 Å². The lowest BCUT2D eigenvalue weighted by atomic mass is 10.1. The van der Waals surface area contributed by atoms with Gasteiger partial charge in [-0.3, -0.25) is 0 Å². The van der Waals surface area contributed by atoms with Crippen LogP contribution in [0.15, 0.2) is 42.7 Å². The van der Waals surface area contributed by atoms with Crippen LogP contribution in [0.25, 0.3) is 0 Å². The van der Waals surface area contributed by atoms with E-state index >= 15 is 0 Å². The molecule has 0 aliphatic heterocycles. The van der Waals surface area contributed by atoms with E-state index in [9.17, 15) is 0 Å². The molecule has 2 rings (SSSR count). The number of nitrogens with one attached hydrogen (secondary N) is 1. The number of aryl methyl sites for hydroxylation is 1. The lowest BCUT2D eigenvalue weighted by Crippen LogP contribution is -2.21. The fraction of sp³-hybridized carbons (Fsp3) is 0.471. The van der Waals surface area contributed by atoms with Crippen LogP contribution in [0.3, 0.4) is 0 Å². The zero-order chi connectivity index (χ0) is 15.1. The second-order valence-electron chi connectivity index (χ2n) is 5.53. The molecule has 0 radical (unpaired) electrons. The summed E-state index contributed by atoms with van der Waals surface area (Å²) in [5.41, 5.74) is 1.38. The van der Waals surface area contributed by atoms with Gasteiger partial charge in [-0.15, -0.1) is 0 Å². The van der Waals surface area contributed by atoms with Crippen LogP contribution in [0.2, 0.25) is 0 Å². The smallest absolute Gasteiger partial charge is 0.203 e. The molecule has 21 heavy (non-hydrogen) atoms. The van der Waals surface area contributed by atoms with Crippen LogP contribution in [0.5, 0.6) is 0 Å². The molecule has 1 N–H and O–H groups in total. The number of methoxy groups -OCH3 is 1. The Labute approximate surface area is 127 Å². The number of hydrogen-bond donors (Lipinski definition) is 1. The summed E-state index contributed by atoms with van der Waals surface area (Å²) in [6.07, 6.45) is 5.98. The van der Waals surface area contributed by atoms with Crippen molar-refractivity contribution in [3.63, 3.8) is 0 Å². The van der Waals surface area contributed by atoms with Crippen LogP contribution >= 0.6 is 0 Å². The van der Waals surface area contributed by atoms with E-state index in [-0.39, 0.29) is 6.04 Å². The van der Waals surface area contributed by atoms with Gasteiger partial charge in [-0.2, -0.15) is 0 Å². The molecule has 2 aromatic rings. The molecule has 0 bridgehead atoms. The van der Waals surface area contributed by atoms with Crippen molar-refractivity contribution in [2.75, 3.05) is 19.0 Å². The molecular weight excluding hydrogens is 262 g/mol. The van der Waals surface area contributed by atoms with E-state index in [1.807, 2.05) is 12.4 Å². The average Bonchev–Trinajstić information content (AvgIpc) is 2.95. The Bertz CT molecular complexity index is 524. The Balaban J connectivity index is 1.88. The first-order valence-electron chi connectivity index (χ1n) is 7.53. The van der Waals surface area contributed by atoms with Crippen molar-refractivity contribution in [2.45, 2.75) is 38.8 Å². The Morgan fingerprint density at radius 2 is 2.00 bits per heavy atom. The van der Waals surface area contributed by atoms with Crippen molar-refractivity contribution >= 4 is 5.95 Å². The lowest BCUT2D eigenvalue weighted by molar-refractivity contribution is 0.163. The number of ether oxygens (including phenoxy) is 1. The molecule has 1 heterocycles. The van der Waals surface area contributed by atoms with Crippen molar-refractivity contribution in [3.8, 4) is 0 Å². The highest BCUT2D eigenvalue weighted by Gasteiger charge is 2.11. The van der Waals surface area contributed by atoms with Crippen molar-refractivity contribution in [1.82, 2.24) is 9.55 Å². The van der Waals surface area contributed by atoms with Gasteiger partial charge in [-0.05, 0) is 32.3 Å². The Hall–Kier alpha value is -1.81. The number of anilines is 1. The van der Waals surface area contributed by atoms with Gasteiger partial charge >= 0.3 is 0 Å². The third-order valence-electron chi connectivity index (χ3n) is 3.64. The number of hydrogen-bond acceptors (Lipinski definition) is 3. The van der Waals surface area contributed by atoms with Crippen molar-refractivity contribution < 1.29 is 4.74 Å². The first-order chi connectivity index (χ1) is 10.2. The molecule has 4 heteroatoms. The summed E-state index contributed by atoms with van der Waals surface area (Å²) < 4.78 is 7.34. The molecule has 0 aliphatic rings. The summed E-state index contributed by atoms with van der Waals surface area (Å²) >= 11 is 0. The molecule has 2 unspecified atom stereocenters. The average molecular weight is 287 g/mol. The molecule has 0 amide bonds. The number of imidazole rings is 1. The minimum absolute atomic E-state index is 0.279. The van der Waals surface area contributed by atoms with E-state index in [0.717, 1.165) is 18.8 Å². The molecule has 1 aromatic heterocycles. The van der Waals surface area contributed by atoms with Crippen LogP contribution in [0.1, 0.15) is 31.9 Å². The van der Waals surface area contributed by atoms with Crippen molar-refractivity contribution in [2.24, 2.45) is 0 Å². The van der Waals surface area contributed by atoms with Crippen LogP contribution in [0, 0.1) is 0 Å². The van der Waals surface area contributed by atoms with Crippen molar-refractivity contribution in [1.29, 1.82) is 0 Å². The lowest BCUT2D eigenvalue weighted by Gasteiger charge is -2.19. The Kier molecular flexibility index (Phi) is 5.81. The predicted octanol–water partition coefficient (Wildman–Crippen LogP) is 3.52. The SMILES string of the molecule is COCC(C)n1ccnc1NC(C)CCc1ccccc1. The van der Waals surface area contributed by atoms with Gasteiger partial charge in [0.15, 0.2) is 0 Å². The Morgan fingerprint density at radius 3 is 2.71 bits per heavy atom. The van der Waals surface area contributed by atoms with E-state index in [1.54, 1.807) is 7.11 Å². The minimum Gasteiger partial charge on any atom is -0.383 e. The summed E-state index contributed by atoms with van der Waals surface area (Å²) in [5.74, 6) is 0.917. The molecule has 114 valence electrons. The fourth-order valence-corrected chi connectivity index (χ4v) is 2.42. The summed E-state index contributed by atoms with van der Waals surface area (Å²) in [6.45, 7) is 5.01. The molecule has 4 nitrogen and oxygen atoms in total. The molecular formula is C17H25N3O. The maximum Gasteiger partial charge on any atom is 0.203 e. The molecule has 0 saturated carbocycles. The third-order valence-corrected chi connectivity index (χ3v) is 3.64. The van der Waals surface area contributed by atoms with Gasteiger partial charge in [0.05, 0.1) is 12.6 Å².